The maximum Gasteiger partial charge on any atom is 0.266 e. The summed E-state index contributed by atoms with van der Waals surface area (Å²) in [6, 6.07) is 10.9. The summed E-state index contributed by atoms with van der Waals surface area (Å²) in [6.45, 7) is 2.87. The molecule has 0 N–H and O–H groups in total. The molecule has 43 heavy (non-hydrogen) atoms. The minimum Gasteiger partial charge on any atom is -0.360 e. The van der Waals surface area contributed by atoms with Crippen molar-refractivity contribution in [3.63, 3.8) is 0 Å². The number of anilines is 1. The molecule has 7 rings (SSSR count). The van der Waals surface area contributed by atoms with Crippen molar-refractivity contribution in [2.75, 3.05) is 4.90 Å². The molecule has 5 aromatic rings. The molecule has 2 aliphatic rings. The van der Waals surface area contributed by atoms with Crippen molar-refractivity contribution < 1.29 is 14.1 Å². The first-order valence-corrected chi connectivity index (χ1v) is 14.8. The monoisotopic (exact) mass is 578 g/mol. The second-order valence-electron chi connectivity index (χ2n) is 11.3. The Morgan fingerprint density at radius 1 is 0.721 bits per heavy atom. The van der Waals surface area contributed by atoms with Crippen molar-refractivity contribution in [2.45, 2.75) is 71.4 Å². The van der Waals surface area contributed by atoms with E-state index in [4.69, 9.17) is 14.5 Å². The highest BCUT2D eigenvalue weighted by Crippen LogP contribution is 2.24. The Kier molecular flexibility index (Phi) is 6.72. The van der Waals surface area contributed by atoms with Crippen LogP contribution in [0.1, 0.15) is 76.6 Å². The van der Waals surface area contributed by atoms with Crippen LogP contribution >= 0.6 is 0 Å². The molecule has 2 aliphatic heterocycles. The van der Waals surface area contributed by atoms with Gasteiger partial charge in [0.1, 0.15) is 17.4 Å². The van der Waals surface area contributed by atoms with Gasteiger partial charge in [0.25, 0.3) is 22.9 Å². The van der Waals surface area contributed by atoms with Gasteiger partial charge in [0.05, 0.1) is 21.8 Å². The number of nitrogens with zero attached hydrogens (tertiary/aromatic N) is 6. The normalized spacial score (nSPS) is 15.0. The second kappa shape index (κ2) is 10.7. The summed E-state index contributed by atoms with van der Waals surface area (Å²) in [4.78, 5) is 65.1. The van der Waals surface area contributed by atoms with Gasteiger partial charge in [-0.05, 0) is 69.0 Å². The van der Waals surface area contributed by atoms with E-state index in [-0.39, 0.29) is 28.1 Å². The summed E-state index contributed by atoms with van der Waals surface area (Å²) in [6.07, 6.45) is 7.20. The predicted octanol–water partition coefficient (Wildman–Crippen LogP) is 4.34. The third kappa shape index (κ3) is 4.74. The van der Waals surface area contributed by atoms with Gasteiger partial charge in [0.2, 0.25) is 0 Å². The summed E-state index contributed by atoms with van der Waals surface area (Å²) >= 11 is 0. The number of benzene rings is 2. The van der Waals surface area contributed by atoms with Crippen molar-refractivity contribution in [2.24, 2.45) is 0 Å². The maximum atomic E-state index is 14.0. The van der Waals surface area contributed by atoms with E-state index in [1.54, 1.807) is 40.3 Å². The third-order valence-corrected chi connectivity index (χ3v) is 8.38. The number of hydrogen-bond donors (Lipinski definition) is 0. The number of hydrogen-bond acceptors (Lipinski definition) is 8. The van der Waals surface area contributed by atoms with Crippen LogP contribution in [0.4, 0.5) is 5.82 Å². The first-order chi connectivity index (χ1) is 20.9. The molecule has 0 aliphatic carbocycles. The van der Waals surface area contributed by atoms with E-state index in [2.05, 4.69) is 5.16 Å². The number of carbonyl (C=O) groups excluding carboxylic acids is 2. The zero-order valence-electron chi connectivity index (χ0n) is 23.8. The van der Waals surface area contributed by atoms with Crippen molar-refractivity contribution in [1.29, 1.82) is 0 Å². The molecule has 0 unspecified atom stereocenters. The number of fused-ring (bicyclic) bond motifs is 4. The SMILES string of the molecule is Cc1cc(N(C(=O)c2ccc3c(=O)n4c(nc3c2)CCCCC4)C(=O)c2ccc3nc4n(c(=O)c3c2)CCCCC4)no1. The van der Waals surface area contributed by atoms with Crippen LogP contribution in [-0.4, -0.2) is 36.1 Å². The highest BCUT2D eigenvalue weighted by atomic mass is 16.5. The molecule has 0 saturated carbocycles. The van der Waals surface area contributed by atoms with Gasteiger partial charge in [-0.15, -0.1) is 0 Å². The number of amides is 2. The molecule has 0 radical (unpaired) electrons. The van der Waals surface area contributed by atoms with Crippen molar-refractivity contribution in [3.8, 4) is 0 Å². The minimum absolute atomic E-state index is 0.0134. The first-order valence-electron chi connectivity index (χ1n) is 14.8. The lowest BCUT2D eigenvalue weighted by atomic mass is 10.1. The van der Waals surface area contributed by atoms with Gasteiger partial charge in [-0.2, -0.15) is 0 Å². The fourth-order valence-electron chi connectivity index (χ4n) is 6.12. The lowest BCUT2D eigenvalue weighted by Gasteiger charge is -2.19. The van der Waals surface area contributed by atoms with Crippen molar-refractivity contribution in [1.82, 2.24) is 24.3 Å². The summed E-state index contributed by atoms with van der Waals surface area (Å²) in [5.41, 5.74) is 0.888. The molecular formula is C32H30N6O5. The van der Waals surface area contributed by atoms with Crippen molar-refractivity contribution in [3.05, 3.63) is 91.7 Å². The summed E-state index contributed by atoms with van der Waals surface area (Å²) < 4.78 is 8.64. The minimum atomic E-state index is -0.672. The topological polar surface area (TPSA) is 133 Å². The highest BCUT2D eigenvalue weighted by molar-refractivity contribution is 6.26. The van der Waals surface area contributed by atoms with Gasteiger partial charge >= 0.3 is 0 Å². The van der Waals surface area contributed by atoms with Crippen LogP contribution in [0.25, 0.3) is 21.8 Å². The summed E-state index contributed by atoms with van der Waals surface area (Å²) in [5, 5.41) is 4.70. The summed E-state index contributed by atoms with van der Waals surface area (Å²) in [7, 11) is 0. The van der Waals surface area contributed by atoms with Gasteiger partial charge in [-0.3, -0.25) is 28.3 Å². The van der Waals surface area contributed by atoms with E-state index in [1.165, 1.54) is 18.2 Å². The van der Waals surface area contributed by atoms with Crippen LogP contribution in [0, 0.1) is 6.92 Å². The lowest BCUT2D eigenvalue weighted by molar-refractivity contribution is 0.0895. The van der Waals surface area contributed by atoms with Crippen LogP contribution in [0.2, 0.25) is 0 Å². The Morgan fingerprint density at radius 2 is 1.33 bits per heavy atom. The third-order valence-electron chi connectivity index (χ3n) is 8.38. The Hall–Kier alpha value is -4.93. The average molecular weight is 579 g/mol. The highest BCUT2D eigenvalue weighted by Gasteiger charge is 2.30. The molecule has 11 heteroatoms. The molecule has 11 nitrogen and oxygen atoms in total. The van der Waals surface area contributed by atoms with Crippen LogP contribution in [0.3, 0.4) is 0 Å². The van der Waals surface area contributed by atoms with E-state index >= 15 is 0 Å². The van der Waals surface area contributed by atoms with E-state index in [0.29, 0.717) is 52.9 Å². The van der Waals surface area contributed by atoms with Crippen LogP contribution in [0.15, 0.2) is 56.6 Å². The molecule has 5 heterocycles. The molecule has 0 spiro atoms. The van der Waals surface area contributed by atoms with E-state index in [0.717, 1.165) is 55.7 Å². The largest absolute Gasteiger partial charge is 0.360 e. The predicted molar refractivity (Wildman–Crippen MR) is 159 cm³/mol. The first kappa shape index (κ1) is 26.9. The van der Waals surface area contributed by atoms with E-state index < -0.39 is 11.8 Å². The van der Waals surface area contributed by atoms with E-state index in [9.17, 15) is 19.2 Å². The molecule has 2 aromatic carbocycles. The lowest BCUT2D eigenvalue weighted by Crippen LogP contribution is -2.37. The second-order valence-corrected chi connectivity index (χ2v) is 11.3. The van der Waals surface area contributed by atoms with Gasteiger partial charge in [0.15, 0.2) is 5.82 Å². The van der Waals surface area contributed by atoms with Gasteiger partial charge in [0, 0.05) is 43.1 Å². The quantitative estimate of drug-likeness (QED) is 0.289. The number of carbonyl (C=O) groups is 2. The van der Waals surface area contributed by atoms with Gasteiger partial charge in [-0.1, -0.05) is 18.0 Å². The zero-order valence-corrected chi connectivity index (χ0v) is 23.8. The van der Waals surface area contributed by atoms with E-state index in [1.807, 2.05) is 0 Å². The van der Waals surface area contributed by atoms with Crippen molar-refractivity contribution >= 4 is 39.4 Å². The van der Waals surface area contributed by atoms with Gasteiger partial charge in [-0.25, -0.2) is 14.9 Å². The Labute approximate surface area is 245 Å². The molecule has 3 aromatic heterocycles. The number of aryl methyl sites for hydroxylation is 3. The average Bonchev–Trinajstić information content (AvgIpc) is 3.17. The fraction of sp³-hybridized carbons (Fsp3) is 0.344. The fourth-order valence-corrected chi connectivity index (χ4v) is 6.12. The Balaban J connectivity index is 1.31. The zero-order chi connectivity index (χ0) is 29.7. The molecule has 0 fully saturated rings. The van der Waals surface area contributed by atoms with Crippen LogP contribution in [-0.2, 0) is 25.9 Å². The summed E-state index contributed by atoms with van der Waals surface area (Å²) in [5.74, 6) is 0.557. The molecule has 0 atom stereocenters. The van der Waals surface area contributed by atoms with Crippen LogP contribution in [0.5, 0.6) is 0 Å². The molecule has 218 valence electrons. The smallest absolute Gasteiger partial charge is 0.266 e. The molecule has 0 saturated heterocycles. The maximum absolute atomic E-state index is 14.0. The van der Waals surface area contributed by atoms with Crippen LogP contribution < -0.4 is 16.0 Å². The number of aromatic nitrogens is 5. The Morgan fingerprint density at radius 3 is 1.98 bits per heavy atom. The molecule has 2 amide bonds. The standard InChI is InChI=1S/C32H30N6O5/c1-19-16-28(35-43-19)38(29(39)20-11-13-24-23(17-20)32(42)37-15-7-2-4-8-26(37)33-24)30(40)21-10-12-22-25(18-21)34-27-9-5-3-6-14-36(27)31(22)41/h10-13,16-18H,2-9,14-15H2,1H3. The number of rotatable bonds is 3. The van der Waals surface area contributed by atoms with Gasteiger partial charge < -0.3 is 4.52 Å². The molecular weight excluding hydrogens is 548 g/mol. The molecule has 0 bridgehead atoms. The Bertz CT molecular complexity index is 2060. The number of imide groups is 1.